The van der Waals surface area contributed by atoms with Crippen LogP contribution in [0.15, 0.2) is 23.1 Å². The Labute approximate surface area is 125 Å². The van der Waals surface area contributed by atoms with E-state index in [-0.39, 0.29) is 5.78 Å². The zero-order valence-electron chi connectivity index (χ0n) is 12.7. The van der Waals surface area contributed by atoms with Gasteiger partial charge in [0, 0.05) is 23.5 Å². The summed E-state index contributed by atoms with van der Waals surface area (Å²) in [5.74, 6) is 0.190. The molecule has 1 aromatic rings. The summed E-state index contributed by atoms with van der Waals surface area (Å²) in [7, 11) is 0. The van der Waals surface area contributed by atoms with Crippen LogP contribution in [0.3, 0.4) is 0 Å². The predicted octanol–water partition coefficient (Wildman–Crippen LogP) is 3.01. The minimum atomic E-state index is -0.475. The SMILES string of the molecule is CSc1ccc(C(=O)C(C)(C)N2CCOCC2)cc1C. The highest BCUT2D eigenvalue weighted by molar-refractivity contribution is 7.98. The molecule has 0 aromatic heterocycles. The van der Waals surface area contributed by atoms with Crippen LogP contribution in [0, 0.1) is 6.92 Å². The Hall–Kier alpha value is -0.840. The van der Waals surface area contributed by atoms with Crippen molar-refractivity contribution < 1.29 is 9.53 Å². The van der Waals surface area contributed by atoms with Gasteiger partial charge in [0.1, 0.15) is 0 Å². The lowest BCUT2D eigenvalue weighted by atomic mass is 9.90. The number of carbonyl (C=O) groups excluding carboxylic acids is 1. The van der Waals surface area contributed by atoms with Crippen LogP contribution >= 0.6 is 11.8 Å². The van der Waals surface area contributed by atoms with Crippen LogP contribution in [0.25, 0.3) is 0 Å². The van der Waals surface area contributed by atoms with E-state index in [0.29, 0.717) is 13.2 Å². The fourth-order valence-corrected chi connectivity index (χ4v) is 3.22. The van der Waals surface area contributed by atoms with Crippen molar-refractivity contribution in [3.8, 4) is 0 Å². The molecule has 1 aliphatic heterocycles. The van der Waals surface area contributed by atoms with E-state index in [1.807, 2.05) is 32.0 Å². The summed E-state index contributed by atoms with van der Waals surface area (Å²) in [4.78, 5) is 16.3. The number of aryl methyl sites for hydroxylation is 1. The summed E-state index contributed by atoms with van der Waals surface area (Å²) < 4.78 is 5.37. The smallest absolute Gasteiger partial charge is 0.182 e. The highest BCUT2D eigenvalue weighted by Crippen LogP contribution is 2.25. The van der Waals surface area contributed by atoms with E-state index in [0.717, 1.165) is 18.7 Å². The predicted molar refractivity (Wildman–Crippen MR) is 83.8 cm³/mol. The fraction of sp³-hybridized carbons (Fsp3) is 0.562. The molecule has 20 heavy (non-hydrogen) atoms. The summed E-state index contributed by atoms with van der Waals surface area (Å²) in [6.45, 7) is 9.14. The Kier molecular flexibility index (Phi) is 4.89. The topological polar surface area (TPSA) is 29.5 Å². The van der Waals surface area contributed by atoms with Gasteiger partial charge in [-0.05, 0) is 44.7 Å². The Morgan fingerprint density at radius 2 is 1.95 bits per heavy atom. The van der Waals surface area contributed by atoms with E-state index in [9.17, 15) is 4.79 Å². The summed E-state index contributed by atoms with van der Waals surface area (Å²) in [6, 6.07) is 6.00. The van der Waals surface area contributed by atoms with Crippen molar-refractivity contribution in [3.63, 3.8) is 0 Å². The van der Waals surface area contributed by atoms with Crippen molar-refractivity contribution >= 4 is 17.5 Å². The molecular weight excluding hydrogens is 270 g/mol. The highest BCUT2D eigenvalue weighted by atomic mass is 32.2. The van der Waals surface area contributed by atoms with Gasteiger partial charge in [0.05, 0.1) is 18.8 Å². The molecule has 0 atom stereocenters. The molecule has 1 aliphatic rings. The van der Waals surface area contributed by atoms with Crippen molar-refractivity contribution in [1.29, 1.82) is 0 Å². The van der Waals surface area contributed by atoms with Crippen molar-refractivity contribution in [2.24, 2.45) is 0 Å². The molecule has 0 N–H and O–H groups in total. The molecule has 4 heteroatoms. The number of morpholine rings is 1. The Morgan fingerprint density at radius 3 is 2.50 bits per heavy atom. The normalized spacial score (nSPS) is 17.2. The summed E-state index contributed by atoms with van der Waals surface area (Å²) >= 11 is 1.71. The lowest BCUT2D eigenvalue weighted by Crippen LogP contribution is -2.54. The van der Waals surface area contributed by atoms with Gasteiger partial charge in [0.15, 0.2) is 5.78 Å². The first-order valence-corrected chi connectivity index (χ1v) is 8.21. The molecule has 2 rings (SSSR count). The van der Waals surface area contributed by atoms with Crippen molar-refractivity contribution in [2.75, 3.05) is 32.6 Å². The fourth-order valence-electron chi connectivity index (χ4n) is 2.64. The molecule has 0 saturated carbocycles. The molecule has 0 radical (unpaired) electrons. The summed E-state index contributed by atoms with van der Waals surface area (Å²) in [6.07, 6.45) is 2.06. The van der Waals surface area contributed by atoms with Crippen LogP contribution in [0.1, 0.15) is 29.8 Å². The van der Waals surface area contributed by atoms with E-state index < -0.39 is 5.54 Å². The molecule has 1 aromatic carbocycles. The maximum absolute atomic E-state index is 12.8. The third kappa shape index (κ3) is 3.08. The van der Waals surface area contributed by atoms with Gasteiger partial charge in [-0.2, -0.15) is 0 Å². The maximum atomic E-state index is 12.8. The van der Waals surface area contributed by atoms with Crippen LogP contribution in [-0.2, 0) is 4.74 Å². The van der Waals surface area contributed by atoms with Crippen molar-refractivity contribution in [2.45, 2.75) is 31.2 Å². The molecule has 0 bridgehead atoms. The number of ketones is 1. The second-order valence-corrected chi connectivity index (χ2v) is 6.52. The molecular formula is C16H23NO2S. The van der Waals surface area contributed by atoms with Gasteiger partial charge in [-0.1, -0.05) is 6.07 Å². The number of hydrogen-bond acceptors (Lipinski definition) is 4. The number of hydrogen-bond donors (Lipinski definition) is 0. The second kappa shape index (κ2) is 6.29. The Morgan fingerprint density at radius 1 is 1.30 bits per heavy atom. The monoisotopic (exact) mass is 293 g/mol. The lowest BCUT2D eigenvalue weighted by Gasteiger charge is -2.39. The highest BCUT2D eigenvalue weighted by Gasteiger charge is 2.35. The van der Waals surface area contributed by atoms with Gasteiger partial charge in [0.25, 0.3) is 0 Å². The van der Waals surface area contributed by atoms with E-state index in [1.54, 1.807) is 11.8 Å². The van der Waals surface area contributed by atoms with Crippen molar-refractivity contribution in [1.82, 2.24) is 4.90 Å². The van der Waals surface area contributed by atoms with Crippen LogP contribution in [0.5, 0.6) is 0 Å². The van der Waals surface area contributed by atoms with Crippen LogP contribution in [0.2, 0.25) is 0 Å². The van der Waals surface area contributed by atoms with Gasteiger partial charge < -0.3 is 4.74 Å². The van der Waals surface area contributed by atoms with Gasteiger partial charge in [-0.15, -0.1) is 11.8 Å². The minimum Gasteiger partial charge on any atom is -0.379 e. The van der Waals surface area contributed by atoms with Crippen LogP contribution < -0.4 is 0 Å². The molecule has 1 heterocycles. The van der Waals surface area contributed by atoms with Gasteiger partial charge >= 0.3 is 0 Å². The van der Waals surface area contributed by atoms with Gasteiger partial charge in [-0.25, -0.2) is 0 Å². The van der Waals surface area contributed by atoms with Crippen LogP contribution in [-0.4, -0.2) is 48.8 Å². The minimum absolute atomic E-state index is 0.190. The van der Waals surface area contributed by atoms with E-state index >= 15 is 0 Å². The van der Waals surface area contributed by atoms with Crippen LogP contribution in [0.4, 0.5) is 0 Å². The van der Waals surface area contributed by atoms with Gasteiger partial charge in [-0.3, -0.25) is 9.69 Å². The Balaban J connectivity index is 2.22. The second-order valence-electron chi connectivity index (χ2n) is 5.67. The van der Waals surface area contributed by atoms with E-state index in [2.05, 4.69) is 18.1 Å². The standard InChI is InChI=1S/C16H23NO2S/c1-12-11-13(5-6-14(12)20-4)15(18)16(2,3)17-7-9-19-10-8-17/h5-6,11H,7-10H2,1-4H3. The Bertz CT molecular complexity index is 493. The number of thioether (sulfide) groups is 1. The molecule has 3 nitrogen and oxygen atoms in total. The number of carbonyl (C=O) groups is 1. The molecule has 0 amide bonds. The largest absolute Gasteiger partial charge is 0.379 e. The number of Topliss-reactive ketones (excluding diaryl/α,β-unsaturated/α-hetero) is 1. The van der Waals surface area contributed by atoms with Gasteiger partial charge in [0.2, 0.25) is 0 Å². The molecule has 110 valence electrons. The number of nitrogens with zero attached hydrogens (tertiary/aromatic N) is 1. The third-order valence-corrected chi connectivity index (χ3v) is 4.91. The summed E-state index contributed by atoms with van der Waals surface area (Å²) in [5.41, 5.74) is 1.50. The first kappa shape index (κ1) is 15.5. The first-order chi connectivity index (χ1) is 9.46. The quantitative estimate of drug-likeness (QED) is 0.630. The average molecular weight is 293 g/mol. The average Bonchev–Trinajstić information content (AvgIpc) is 2.47. The third-order valence-electron chi connectivity index (χ3n) is 4.01. The first-order valence-electron chi connectivity index (χ1n) is 6.99. The zero-order chi connectivity index (χ0) is 14.8. The number of ether oxygens (including phenoxy) is 1. The molecule has 0 spiro atoms. The van der Waals surface area contributed by atoms with E-state index in [4.69, 9.17) is 4.74 Å². The van der Waals surface area contributed by atoms with Crippen molar-refractivity contribution in [3.05, 3.63) is 29.3 Å². The van der Waals surface area contributed by atoms with E-state index in [1.165, 1.54) is 10.5 Å². The number of benzene rings is 1. The number of rotatable bonds is 4. The zero-order valence-corrected chi connectivity index (χ0v) is 13.5. The molecule has 0 aliphatic carbocycles. The molecule has 1 fully saturated rings. The summed E-state index contributed by atoms with van der Waals surface area (Å²) in [5, 5.41) is 0. The lowest BCUT2D eigenvalue weighted by molar-refractivity contribution is -0.00430. The molecule has 1 saturated heterocycles. The maximum Gasteiger partial charge on any atom is 0.182 e. The molecule has 0 unspecified atom stereocenters.